The van der Waals surface area contributed by atoms with Gasteiger partial charge in [0.05, 0.1) is 6.20 Å². The van der Waals surface area contributed by atoms with Crippen molar-refractivity contribution in [1.29, 1.82) is 0 Å². The van der Waals surface area contributed by atoms with Gasteiger partial charge in [-0.3, -0.25) is 5.10 Å². The van der Waals surface area contributed by atoms with E-state index in [9.17, 15) is 0 Å². The zero-order valence-corrected chi connectivity index (χ0v) is 9.73. The largest absolute Gasteiger partial charge is 0.489 e. The Hall–Kier alpha value is -2.23. The second-order valence-corrected chi connectivity index (χ2v) is 3.97. The standard InChI is InChI=1S/C13H15N3O/c1-9(2)8-17-11-5-3-10(4-6-11)12-7-15-16-13(12)14/h3-7H,1,8H2,2H3,(H3,14,15,16). The molecule has 1 aromatic carbocycles. The summed E-state index contributed by atoms with van der Waals surface area (Å²) in [4.78, 5) is 0. The molecule has 0 atom stereocenters. The number of nitrogens with zero attached hydrogens (tertiary/aromatic N) is 1. The lowest BCUT2D eigenvalue weighted by Crippen LogP contribution is -1.97. The zero-order chi connectivity index (χ0) is 12.3. The van der Waals surface area contributed by atoms with Crippen LogP contribution in [-0.4, -0.2) is 16.8 Å². The number of benzene rings is 1. The summed E-state index contributed by atoms with van der Waals surface area (Å²) in [6.45, 7) is 6.25. The van der Waals surface area contributed by atoms with Crippen molar-refractivity contribution in [3.63, 3.8) is 0 Å². The molecule has 0 bridgehead atoms. The van der Waals surface area contributed by atoms with E-state index >= 15 is 0 Å². The van der Waals surface area contributed by atoms with Gasteiger partial charge in [-0.05, 0) is 30.2 Å². The average molecular weight is 229 g/mol. The summed E-state index contributed by atoms with van der Waals surface area (Å²) in [5.41, 5.74) is 8.65. The highest BCUT2D eigenvalue weighted by molar-refractivity contribution is 5.73. The van der Waals surface area contributed by atoms with Crippen LogP contribution in [0.4, 0.5) is 5.82 Å². The van der Waals surface area contributed by atoms with Gasteiger partial charge in [0.2, 0.25) is 0 Å². The molecule has 0 aliphatic carbocycles. The monoisotopic (exact) mass is 229 g/mol. The number of rotatable bonds is 4. The molecule has 0 unspecified atom stereocenters. The van der Waals surface area contributed by atoms with Crippen molar-refractivity contribution < 1.29 is 4.74 Å². The minimum atomic E-state index is 0.535. The third-order valence-electron chi connectivity index (χ3n) is 2.32. The highest BCUT2D eigenvalue weighted by atomic mass is 16.5. The Kier molecular flexibility index (Phi) is 3.14. The number of hydrogen-bond donors (Lipinski definition) is 2. The molecule has 1 aromatic heterocycles. The van der Waals surface area contributed by atoms with Gasteiger partial charge in [0.25, 0.3) is 0 Å². The van der Waals surface area contributed by atoms with E-state index in [2.05, 4.69) is 16.8 Å². The molecule has 0 radical (unpaired) electrons. The van der Waals surface area contributed by atoms with Crippen LogP contribution in [0, 0.1) is 0 Å². The maximum Gasteiger partial charge on any atom is 0.126 e. The van der Waals surface area contributed by atoms with Crippen molar-refractivity contribution in [3.05, 3.63) is 42.6 Å². The van der Waals surface area contributed by atoms with Crippen LogP contribution < -0.4 is 10.5 Å². The molecule has 4 nitrogen and oxygen atoms in total. The number of H-pyrrole nitrogens is 1. The van der Waals surface area contributed by atoms with Gasteiger partial charge in [-0.2, -0.15) is 5.10 Å². The van der Waals surface area contributed by atoms with Gasteiger partial charge in [-0.25, -0.2) is 0 Å². The summed E-state index contributed by atoms with van der Waals surface area (Å²) in [6.07, 6.45) is 1.71. The lowest BCUT2D eigenvalue weighted by molar-refractivity contribution is 0.353. The van der Waals surface area contributed by atoms with Crippen LogP contribution in [0.1, 0.15) is 6.92 Å². The van der Waals surface area contributed by atoms with Crippen molar-refractivity contribution in [2.75, 3.05) is 12.3 Å². The summed E-state index contributed by atoms with van der Waals surface area (Å²) in [6, 6.07) is 7.72. The van der Waals surface area contributed by atoms with Crippen LogP contribution in [0.2, 0.25) is 0 Å². The van der Waals surface area contributed by atoms with Crippen LogP contribution >= 0.6 is 0 Å². The van der Waals surface area contributed by atoms with E-state index in [0.29, 0.717) is 12.4 Å². The van der Waals surface area contributed by atoms with Crippen LogP contribution in [0.25, 0.3) is 11.1 Å². The second-order valence-electron chi connectivity index (χ2n) is 3.97. The Morgan fingerprint density at radius 1 is 1.41 bits per heavy atom. The lowest BCUT2D eigenvalue weighted by atomic mass is 10.1. The topological polar surface area (TPSA) is 63.9 Å². The number of hydrogen-bond acceptors (Lipinski definition) is 3. The van der Waals surface area contributed by atoms with E-state index in [-0.39, 0.29) is 0 Å². The number of nitrogens with two attached hydrogens (primary N) is 1. The van der Waals surface area contributed by atoms with E-state index in [4.69, 9.17) is 10.5 Å². The quantitative estimate of drug-likeness (QED) is 0.792. The van der Waals surface area contributed by atoms with Crippen molar-refractivity contribution in [1.82, 2.24) is 10.2 Å². The van der Waals surface area contributed by atoms with Gasteiger partial charge in [-0.15, -0.1) is 0 Å². The average Bonchev–Trinajstić information content (AvgIpc) is 2.73. The first-order valence-electron chi connectivity index (χ1n) is 5.33. The molecule has 0 aliphatic rings. The van der Waals surface area contributed by atoms with E-state index < -0.39 is 0 Å². The molecule has 0 fully saturated rings. The van der Waals surface area contributed by atoms with Gasteiger partial charge in [0.15, 0.2) is 0 Å². The number of anilines is 1. The predicted molar refractivity (Wildman–Crippen MR) is 68.7 cm³/mol. The van der Waals surface area contributed by atoms with Crippen molar-refractivity contribution in [2.45, 2.75) is 6.92 Å². The van der Waals surface area contributed by atoms with E-state index in [1.807, 2.05) is 31.2 Å². The predicted octanol–water partition coefficient (Wildman–Crippen LogP) is 2.61. The number of nitrogens with one attached hydrogen (secondary N) is 1. The van der Waals surface area contributed by atoms with Crippen LogP contribution in [0.5, 0.6) is 5.75 Å². The molecule has 0 aliphatic heterocycles. The zero-order valence-electron chi connectivity index (χ0n) is 9.73. The fraction of sp³-hybridized carbons (Fsp3) is 0.154. The minimum Gasteiger partial charge on any atom is -0.489 e. The summed E-state index contributed by atoms with van der Waals surface area (Å²) >= 11 is 0. The summed E-state index contributed by atoms with van der Waals surface area (Å²) < 4.78 is 5.52. The summed E-state index contributed by atoms with van der Waals surface area (Å²) in [7, 11) is 0. The maximum atomic E-state index is 5.75. The smallest absolute Gasteiger partial charge is 0.126 e. The molecule has 3 N–H and O–H groups in total. The number of aromatic amines is 1. The maximum absolute atomic E-state index is 5.75. The third kappa shape index (κ3) is 2.66. The van der Waals surface area contributed by atoms with Crippen LogP contribution in [-0.2, 0) is 0 Å². The van der Waals surface area contributed by atoms with Gasteiger partial charge < -0.3 is 10.5 Å². The highest BCUT2D eigenvalue weighted by Gasteiger charge is 2.04. The molecule has 0 saturated carbocycles. The molecule has 17 heavy (non-hydrogen) atoms. The van der Waals surface area contributed by atoms with Crippen LogP contribution in [0.15, 0.2) is 42.6 Å². The Morgan fingerprint density at radius 2 is 2.12 bits per heavy atom. The highest BCUT2D eigenvalue weighted by Crippen LogP contribution is 2.25. The van der Waals surface area contributed by atoms with E-state index in [1.54, 1.807) is 6.20 Å². The third-order valence-corrected chi connectivity index (χ3v) is 2.32. The SMILES string of the molecule is C=C(C)COc1ccc(-c2cn[nH]c2N)cc1. The first-order chi connectivity index (χ1) is 8.16. The first-order valence-corrected chi connectivity index (χ1v) is 5.33. The molecule has 0 amide bonds. The van der Waals surface area contributed by atoms with Crippen LogP contribution in [0.3, 0.4) is 0 Å². The number of nitrogen functional groups attached to an aromatic ring is 1. The van der Waals surface area contributed by atoms with Gasteiger partial charge in [0, 0.05) is 5.56 Å². The van der Waals surface area contributed by atoms with Crippen molar-refractivity contribution >= 4 is 5.82 Å². The lowest BCUT2D eigenvalue weighted by Gasteiger charge is -2.06. The molecule has 1 heterocycles. The molecular formula is C13H15N3O. The molecule has 2 aromatic rings. The van der Waals surface area contributed by atoms with E-state index in [0.717, 1.165) is 22.4 Å². The summed E-state index contributed by atoms with van der Waals surface area (Å²) in [5, 5.41) is 6.59. The number of aromatic nitrogens is 2. The van der Waals surface area contributed by atoms with Gasteiger partial charge in [0.1, 0.15) is 18.2 Å². The Bertz CT molecular complexity index is 514. The van der Waals surface area contributed by atoms with Gasteiger partial charge >= 0.3 is 0 Å². The molecule has 4 heteroatoms. The molecule has 0 spiro atoms. The first kappa shape index (κ1) is 11.3. The fourth-order valence-electron chi connectivity index (χ4n) is 1.46. The molecule has 88 valence electrons. The molecule has 0 saturated heterocycles. The Morgan fingerprint density at radius 3 is 2.65 bits per heavy atom. The minimum absolute atomic E-state index is 0.535. The summed E-state index contributed by atoms with van der Waals surface area (Å²) in [5.74, 6) is 1.39. The second kappa shape index (κ2) is 4.74. The van der Waals surface area contributed by atoms with E-state index in [1.165, 1.54) is 0 Å². The fourth-order valence-corrected chi connectivity index (χ4v) is 1.46. The van der Waals surface area contributed by atoms with Crippen molar-refractivity contribution in [3.8, 4) is 16.9 Å². The van der Waals surface area contributed by atoms with Gasteiger partial charge in [-0.1, -0.05) is 18.7 Å². The Labute approximate surface area is 100 Å². The van der Waals surface area contributed by atoms with Crippen molar-refractivity contribution in [2.24, 2.45) is 0 Å². The molecular weight excluding hydrogens is 214 g/mol. The number of ether oxygens (including phenoxy) is 1. The molecule has 2 rings (SSSR count). The normalized spacial score (nSPS) is 10.2. The Balaban J connectivity index is 2.13.